The first-order valence-corrected chi connectivity index (χ1v) is 39.5. The third kappa shape index (κ3) is 21.1. The summed E-state index contributed by atoms with van der Waals surface area (Å²) in [4.78, 5) is 35.3. The molecule has 1 aliphatic rings. The normalized spacial score (nSPS) is 12.8. The van der Waals surface area contributed by atoms with Crippen LogP contribution in [-0.2, 0) is 26.4 Å². The van der Waals surface area contributed by atoms with Gasteiger partial charge in [0.25, 0.3) is 0 Å². The summed E-state index contributed by atoms with van der Waals surface area (Å²) >= 11 is 0. The van der Waals surface area contributed by atoms with Gasteiger partial charge in [-0.05, 0) is 227 Å². The van der Waals surface area contributed by atoms with Crippen LogP contribution in [0.3, 0.4) is 0 Å². The standard InChI is InChI=1S/C24H24F2N6O.C24H26N6O.C21H28N6O.C20H24N6O/c1-13-7-17(25)23(18(26)8-13)16(4)28-24-14(2)9-20(30-31-24)19-5-6-22(21(11-33)29-19)32-10-15(3)27-12-32;1-15-5-7-19(8-6-15)18(4)26-24-16(2)11-21(28-29-24)20-9-10-23(22(13-31)27-20)30-12-17(3)25-14-30;1-13-9-17(25-26-20(13)23-15(3)21(4,5)6)16-7-8-19(18(11-28)24-16)27-10-14(2)22-12-27;1-13-9-17(24-25-20(13)22-15-5-3-4-6-15)16-7-8-19(18(11-27)23-16)26-10-14(2)21-12-26/h5-10,12,16,33H,11H2,1-4H3,(H,28,31);5-12,14,18,31H,13H2,1-4H3,(H,26,29);7-10,12,15,28H,11H2,1-6H3,(H,23,26);7-10,12,15,27H,3-6,11H2,1-2H3,(H,22,25)/t16-;18-;15-;/m000./s1. The number of aryl methyl sites for hydroxylation is 10. The van der Waals surface area contributed by atoms with Crippen molar-refractivity contribution < 1.29 is 29.2 Å². The van der Waals surface area contributed by atoms with Gasteiger partial charge in [-0.25, -0.2) is 48.7 Å². The maximum atomic E-state index is 14.3. The van der Waals surface area contributed by atoms with Crippen LogP contribution in [0.15, 0.2) is 159 Å². The summed E-state index contributed by atoms with van der Waals surface area (Å²) in [5.41, 5.74) is 20.8. The summed E-state index contributed by atoms with van der Waals surface area (Å²) in [6.07, 6.45) is 19.3. The van der Waals surface area contributed by atoms with Gasteiger partial charge >= 0.3 is 0 Å². The molecule has 2 aromatic carbocycles. The van der Waals surface area contributed by atoms with Crippen LogP contribution in [-0.4, -0.2) is 131 Å². The highest BCUT2D eigenvalue weighted by molar-refractivity contribution is 5.64. The zero-order valence-electron chi connectivity index (χ0n) is 70.0. The monoisotopic (exact) mass is 1610 g/mol. The van der Waals surface area contributed by atoms with Gasteiger partial charge in [-0.2, -0.15) is 0 Å². The number of rotatable bonds is 22. The molecular weight excluding hydrogens is 1510 g/mol. The van der Waals surface area contributed by atoms with Gasteiger partial charge < -0.3 is 60.0 Å². The number of anilines is 4. The minimum absolute atomic E-state index is 0.0505. The van der Waals surface area contributed by atoms with E-state index in [4.69, 9.17) is 0 Å². The van der Waals surface area contributed by atoms with Crippen molar-refractivity contribution in [3.05, 3.63) is 261 Å². The Hall–Kier alpha value is -12.9. The van der Waals surface area contributed by atoms with Gasteiger partial charge in [-0.1, -0.05) is 63.4 Å². The summed E-state index contributed by atoms with van der Waals surface area (Å²) in [6, 6.07) is 34.0. The van der Waals surface area contributed by atoms with Crippen molar-refractivity contribution in [1.82, 2.24) is 98.9 Å². The molecule has 14 aromatic rings. The Morgan fingerprint density at radius 2 is 0.689 bits per heavy atom. The van der Waals surface area contributed by atoms with E-state index >= 15 is 0 Å². The average Bonchev–Trinajstić information content (AvgIpc) is 1.81. The fourth-order valence-electron chi connectivity index (χ4n) is 13.4. The predicted molar refractivity (Wildman–Crippen MR) is 456 cm³/mol. The maximum absolute atomic E-state index is 14.3. The fourth-order valence-corrected chi connectivity index (χ4v) is 13.4. The molecule has 12 aromatic heterocycles. The van der Waals surface area contributed by atoms with E-state index in [-0.39, 0.29) is 49.5 Å². The molecule has 0 bridgehead atoms. The molecule has 0 saturated heterocycles. The number of benzene rings is 2. The van der Waals surface area contributed by atoms with E-state index < -0.39 is 17.7 Å². The summed E-state index contributed by atoms with van der Waals surface area (Å²) in [6.45, 7) is 30.9. The lowest BCUT2D eigenvalue weighted by molar-refractivity contribution is 0.276. The van der Waals surface area contributed by atoms with Gasteiger partial charge in [-0.3, -0.25) is 0 Å². The molecule has 0 spiro atoms. The molecule has 30 heteroatoms. The number of imidazole rings is 4. The molecule has 3 atom stereocenters. The van der Waals surface area contributed by atoms with Gasteiger partial charge in [0.2, 0.25) is 0 Å². The van der Waals surface area contributed by atoms with Crippen molar-refractivity contribution in [3.63, 3.8) is 0 Å². The van der Waals surface area contributed by atoms with E-state index in [9.17, 15) is 29.2 Å². The van der Waals surface area contributed by atoms with Crippen LogP contribution in [0.1, 0.15) is 169 Å². The van der Waals surface area contributed by atoms with Crippen molar-refractivity contribution in [3.8, 4) is 68.3 Å². The second kappa shape index (κ2) is 38.0. The van der Waals surface area contributed by atoms with E-state index in [2.05, 4.69) is 168 Å². The molecule has 0 radical (unpaired) electrons. The Bertz CT molecular complexity index is 5830. The van der Waals surface area contributed by atoms with E-state index in [1.807, 2.05) is 155 Å². The van der Waals surface area contributed by atoms with Crippen molar-refractivity contribution in [2.24, 2.45) is 5.41 Å². The number of nitrogens with zero attached hydrogens (tertiary/aromatic N) is 20. The smallest absolute Gasteiger partial charge is 0.152 e. The SMILES string of the molecule is Cc1cc(F)c([C@H](C)Nc2nnc(-c3ccc(-n4cnc(C)c4)c(CO)n3)cc2C)c(F)c1.Cc1ccc([C@H](C)Nc2nnc(-c3ccc(-n4cnc(C)c4)c(CO)n3)cc2C)cc1.Cc1cn(-c2ccc(-c3cc(C)c(NC4CCCC4)nn3)nc2CO)cn1.Cc1cn(-c2ccc(-c3cc(C)c(N[C@@H](C)C(C)(C)C)nn3)nc2CO)cn1. The summed E-state index contributed by atoms with van der Waals surface area (Å²) in [7, 11) is 0. The number of aliphatic hydroxyl groups excluding tert-OH is 4. The number of nitrogens with one attached hydrogen (secondary N) is 4. The van der Waals surface area contributed by atoms with Gasteiger partial charge in [0.1, 0.15) is 34.4 Å². The van der Waals surface area contributed by atoms with Crippen LogP contribution in [0, 0.1) is 86.3 Å². The van der Waals surface area contributed by atoms with E-state index in [1.54, 1.807) is 55.9 Å². The molecule has 0 aliphatic heterocycles. The third-order valence-electron chi connectivity index (χ3n) is 20.6. The molecule has 0 unspecified atom stereocenters. The minimum Gasteiger partial charge on any atom is -0.390 e. The second-order valence-corrected chi connectivity index (χ2v) is 31.2. The van der Waals surface area contributed by atoms with Crippen LogP contribution in [0.5, 0.6) is 0 Å². The Kier molecular flexibility index (Phi) is 27.3. The number of hydrogen-bond acceptors (Lipinski definition) is 24. The lowest BCUT2D eigenvalue weighted by Gasteiger charge is -2.28. The molecule has 616 valence electrons. The summed E-state index contributed by atoms with van der Waals surface area (Å²) in [5.74, 6) is 1.56. The number of aliphatic hydroxyl groups is 4. The molecule has 12 heterocycles. The summed E-state index contributed by atoms with van der Waals surface area (Å²) in [5, 5.41) is 87.3. The zero-order chi connectivity index (χ0) is 84.9. The molecule has 1 aliphatic carbocycles. The first-order chi connectivity index (χ1) is 57.0. The molecule has 8 N–H and O–H groups in total. The summed E-state index contributed by atoms with van der Waals surface area (Å²) < 4.78 is 36.0. The molecule has 15 rings (SSSR count). The zero-order valence-corrected chi connectivity index (χ0v) is 70.0. The predicted octanol–water partition coefficient (Wildman–Crippen LogP) is 15.8. The van der Waals surface area contributed by atoms with E-state index in [1.165, 1.54) is 48.9 Å². The van der Waals surface area contributed by atoms with Crippen molar-refractivity contribution in [1.29, 1.82) is 0 Å². The number of aromatic nitrogens is 20. The van der Waals surface area contributed by atoms with Crippen LogP contribution >= 0.6 is 0 Å². The molecular formula is C89H102F2N24O4. The Labute approximate surface area is 691 Å². The largest absolute Gasteiger partial charge is 0.390 e. The first kappa shape index (κ1) is 85.5. The van der Waals surface area contributed by atoms with Gasteiger partial charge in [0.05, 0.1) is 155 Å². The van der Waals surface area contributed by atoms with Gasteiger partial charge in [-0.15, -0.1) is 40.8 Å². The number of halogens is 2. The highest BCUT2D eigenvalue weighted by Gasteiger charge is 2.25. The van der Waals surface area contributed by atoms with Crippen molar-refractivity contribution in [2.45, 2.75) is 187 Å². The molecule has 119 heavy (non-hydrogen) atoms. The Morgan fingerprint density at radius 3 is 0.983 bits per heavy atom. The molecule has 28 nitrogen and oxygen atoms in total. The first-order valence-electron chi connectivity index (χ1n) is 39.5. The lowest BCUT2D eigenvalue weighted by Crippen LogP contribution is -2.31. The van der Waals surface area contributed by atoms with E-state index in [0.29, 0.717) is 85.8 Å². The van der Waals surface area contributed by atoms with Crippen molar-refractivity contribution >= 4 is 23.3 Å². The lowest BCUT2D eigenvalue weighted by atomic mass is 9.88. The molecule has 0 amide bonds. The third-order valence-corrected chi connectivity index (χ3v) is 20.6. The van der Waals surface area contributed by atoms with Gasteiger partial charge in [0.15, 0.2) is 23.3 Å². The molecule has 1 fully saturated rings. The highest BCUT2D eigenvalue weighted by Crippen LogP contribution is 2.33. The highest BCUT2D eigenvalue weighted by atomic mass is 19.1. The van der Waals surface area contributed by atoms with Gasteiger partial charge in [0, 0.05) is 42.4 Å². The van der Waals surface area contributed by atoms with Crippen molar-refractivity contribution in [2.75, 3.05) is 21.3 Å². The maximum Gasteiger partial charge on any atom is 0.152 e. The topological polar surface area (TPSA) is 355 Å². The average molecular weight is 1610 g/mol. The quantitative estimate of drug-likeness (QED) is 0.0312. The van der Waals surface area contributed by atoms with E-state index in [0.717, 1.165) is 85.2 Å². The molecule has 1 saturated carbocycles. The number of pyridine rings is 4. The van der Waals surface area contributed by atoms with Crippen LogP contribution in [0.25, 0.3) is 68.3 Å². The van der Waals surface area contributed by atoms with Crippen LogP contribution in [0.4, 0.5) is 32.1 Å². The fraction of sp³-hybridized carbons (Fsp3) is 0.326. The van der Waals surface area contributed by atoms with Crippen LogP contribution in [0.2, 0.25) is 0 Å². The second-order valence-electron chi connectivity index (χ2n) is 31.2. The Morgan fingerprint density at radius 1 is 0.378 bits per heavy atom. The number of hydrogen-bond donors (Lipinski definition) is 8. The Balaban J connectivity index is 0.000000146. The minimum atomic E-state index is -0.651. The van der Waals surface area contributed by atoms with Crippen LogP contribution < -0.4 is 21.3 Å².